The van der Waals surface area contributed by atoms with Gasteiger partial charge in [-0.25, -0.2) is 0 Å². The number of amides is 2. The molecule has 2 atom stereocenters. The molecule has 2 aliphatic carbocycles. The first-order valence-electron chi connectivity index (χ1n) is 7.21. The fourth-order valence-corrected chi connectivity index (χ4v) is 3.76. The molecular weight excluding hydrogens is 226 g/mol. The predicted molar refractivity (Wildman–Crippen MR) is 68.7 cm³/mol. The Hall–Kier alpha value is -1.12. The maximum atomic E-state index is 12.5. The van der Waals surface area contributed by atoms with Gasteiger partial charge in [0, 0.05) is 6.04 Å². The number of imide groups is 1. The van der Waals surface area contributed by atoms with E-state index in [0.29, 0.717) is 0 Å². The molecule has 3 heteroatoms. The average Bonchev–Trinajstić information content (AvgIpc) is 2.63. The quantitative estimate of drug-likeness (QED) is 0.527. The SMILES string of the molecule is CC1=CC[C@H]2C(=O)N(C3CCCCC3)C(=O)[C@@H]2C1. The Balaban J connectivity index is 1.81. The number of allylic oxidation sites excluding steroid dienone is 2. The standard InChI is InChI=1S/C15H21NO2/c1-10-7-8-12-13(9-10)15(18)16(14(12)17)11-5-3-2-4-6-11/h7,11-13H,2-6,8-9H2,1H3/t12-,13-/m1/s1. The van der Waals surface area contributed by atoms with Gasteiger partial charge in [-0.3, -0.25) is 14.5 Å². The smallest absolute Gasteiger partial charge is 0.233 e. The van der Waals surface area contributed by atoms with Crippen molar-refractivity contribution in [2.24, 2.45) is 11.8 Å². The van der Waals surface area contributed by atoms with Crippen LogP contribution < -0.4 is 0 Å². The summed E-state index contributed by atoms with van der Waals surface area (Å²) in [5.74, 6) is 0.123. The molecule has 0 aromatic carbocycles. The van der Waals surface area contributed by atoms with Crippen LogP contribution in [0.2, 0.25) is 0 Å². The molecule has 0 radical (unpaired) electrons. The molecule has 18 heavy (non-hydrogen) atoms. The molecule has 98 valence electrons. The zero-order valence-electron chi connectivity index (χ0n) is 11.0. The van der Waals surface area contributed by atoms with Crippen LogP contribution in [0.4, 0.5) is 0 Å². The minimum absolute atomic E-state index is 0.0515. The first kappa shape index (κ1) is 11.9. The van der Waals surface area contributed by atoms with E-state index >= 15 is 0 Å². The van der Waals surface area contributed by atoms with Crippen molar-refractivity contribution in [2.75, 3.05) is 0 Å². The molecule has 0 unspecified atom stereocenters. The van der Waals surface area contributed by atoms with Gasteiger partial charge in [0.05, 0.1) is 11.8 Å². The van der Waals surface area contributed by atoms with Crippen LogP contribution in [-0.2, 0) is 9.59 Å². The highest BCUT2D eigenvalue weighted by Gasteiger charge is 2.50. The molecule has 1 aliphatic heterocycles. The molecule has 2 amide bonds. The summed E-state index contributed by atoms with van der Waals surface area (Å²) < 4.78 is 0. The average molecular weight is 247 g/mol. The van der Waals surface area contributed by atoms with Gasteiger partial charge >= 0.3 is 0 Å². The second kappa shape index (κ2) is 4.52. The fourth-order valence-electron chi connectivity index (χ4n) is 3.76. The van der Waals surface area contributed by atoms with Gasteiger partial charge in [-0.2, -0.15) is 0 Å². The van der Waals surface area contributed by atoms with Gasteiger partial charge in [0.15, 0.2) is 0 Å². The third kappa shape index (κ3) is 1.80. The van der Waals surface area contributed by atoms with Gasteiger partial charge in [-0.15, -0.1) is 0 Å². The summed E-state index contributed by atoms with van der Waals surface area (Å²) in [4.78, 5) is 26.5. The Morgan fingerprint density at radius 2 is 1.72 bits per heavy atom. The van der Waals surface area contributed by atoms with Gasteiger partial charge in [0.25, 0.3) is 0 Å². The van der Waals surface area contributed by atoms with Crippen LogP contribution in [0.5, 0.6) is 0 Å². The molecule has 0 N–H and O–H groups in total. The summed E-state index contributed by atoms with van der Waals surface area (Å²) in [6.45, 7) is 2.07. The lowest BCUT2D eigenvalue weighted by Crippen LogP contribution is -2.41. The lowest BCUT2D eigenvalue weighted by Gasteiger charge is -2.29. The molecule has 1 heterocycles. The zero-order valence-corrected chi connectivity index (χ0v) is 11.0. The fraction of sp³-hybridized carbons (Fsp3) is 0.733. The van der Waals surface area contributed by atoms with Crippen LogP contribution in [0.25, 0.3) is 0 Å². The number of hydrogen-bond acceptors (Lipinski definition) is 2. The zero-order chi connectivity index (χ0) is 12.7. The molecule has 2 fully saturated rings. The Bertz CT molecular complexity index is 407. The minimum Gasteiger partial charge on any atom is -0.279 e. The Labute approximate surface area is 108 Å². The summed E-state index contributed by atoms with van der Waals surface area (Å²) in [6.07, 6.45) is 9.30. The van der Waals surface area contributed by atoms with Crippen molar-refractivity contribution in [3.8, 4) is 0 Å². The molecular formula is C15H21NO2. The van der Waals surface area contributed by atoms with Gasteiger partial charge in [0.2, 0.25) is 11.8 Å². The van der Waals surface area contributed by atoms with E-state index in [-0.39, 0.29) is 29.7 Å². The first-order chi connectivity index (χ1) is 8.68. The number of carbonyl (C=O) groups is 2. The molecule has 0 aromatic heterocycles. The molecule has 1 saturated heterocycles. The van der Waals surface area contributed by atoms with Gasteiger partial charge in [-0.05, 0) is 32.6 Å². The highest BCUT2D eigenvalue weighted by Crippen LogP contribution is 2.40. The van der Waals surface area contributed by atoms with Crippen molar-refractivity contribution in [2.45, 2.75) is 57.9 Å². The van der Waals surface area contributed by atoms with Crippen molar-refractivity contribution in [1.82, 2.24) is 4.90 Å². The van der Waals surface area contributed by atoms with E-state index in [2.05, 4.69) is 13.0 Å². The van der Waals surface area contributed by atoms with Crippen LogP contribution in [0.3, 0.4) is 0 Å². The van der Waals surface area contributed by atoms with Gasteiger partial charge in [0.1, 0.15) is 0 Å². The lowest BCUT2D eigenvalue weighted by molar-refractivity contribution is -0.143. The van der Waals surface area contributed by atoms with E-state index in [1.54, 1.807) is 4.90 Å². The lowest BCUT2D eigenvalue weighted by atomic mass is 9.82. The molecule has 0 bridgehead atoms. The van der Waals surface area contributed by atoms with Crippen LogP contribution in [0.15, 0.2) is 11.6 Å². The second-order valence-corrected chi connectivity index (χ2v) is 6.04. The van der Waals surface area contributed by atoms with Crippen LogP contribution in [0, 0.1) is 11.8 Å². The molecule has 0 aromatic rings. The van der Waals surface area contributed by atoms with E-state index in [1.807, 2.05) is 0 Å². The van der Waals surface area contributed by atoms with E-state index in [1.165, 1.54) is 12.0 Å². The van der Waals surface area contributed by atoms with Crippen molar-refractivity contribution >= 4 is 11.8 Å². The maximum absolute atomic E-state index is 12.5. The highest BCUT2D eigenvalue weighted by molar-refractivity contribution is 6.05. The number of rotatable bonds is 1. The van der Waals surface area contributed by atoms with Crippen LogP contribution >= 0.6 is 0 Å². The molecule has 1 saturated carbocycles. The molecule has 0 spiro atoms. The summed E-state index contributed by atoms with van der Waals surface area (Å²) in [5.41, 5.74) is 1.27. The number of likely N-dealkylation sites (tertiary alicyclic amines) is 1. The third-order valence-corrected chi connectivity index (χ3v) is 4.80. The molecule has 3 nitrogen and oxygen atoms in total. The highest BCUT2D eigenvalue weighted by atomic mass is 16.2. The topological polar surface area (TPSA) is 37.4 Å². The predicted octanol–water partition coefficient (Wildman–Crippen LogP) is 2.66. The Kier molecular flexibility index (Phi) is 3.00. The summed E-state index contributed by atoms with van der Waals surface area (Å²) in [6, 6.07) is 0.199. The normalized spacial score (nSPS) is 33.6. The van der Waals surface area contributed by atoms with Crippen LogP contribution in [0.1, 0.15) is 51.9 Å². The number of hydrogen-bond donors (Lipinski definition) is 0. The van der Waals surface area contributed by atoms with Gasteiger partial charge in [-0.1, -0.05) is 30.9 Å². The van der Waals surface area contributed by atoms with Crippen molar-refractivity contribution < 1.29 is 9.59 Å². The minimum atomic E-state index is -0.0527. The first-order valence-corrected chi connectivity index (χ1v) is 7.21. The van der Waals surface area contributed by atoms with Crippen molar-refractivity contribution in [1.29, 1.82) is 0 Å². The summed E-state index contributed by atoms with van der Waals surface area (Å²) in [5, 5.41) is 0. The second-order valence-electron chi connectivity index (χ2n) is 6.04. The van der Waals surface area contributed by atoms with E-state index in [4.69, 9.17) is 0 Å². The molecule has 3 aliphatic rings. The Morgan fingerprint density at radius 3 is 2.44 bits per heavy atom. The number of carbonyl (C=O) groups excluding carboxylic acids is 2. The Morgan fingerprint density at radius 1 is 1.06 bits per heavy atom. The van der Waals surface area contributed by atoms with Crippen molar-refractivity contribution in [3.05, 3.63) is 11.6 Å². The van der Waals surface area contributed by atoms with E-state index in [9.17, 15) is 9.59 Å². The maximum Gasteiger partial charge on any atom is 0.233 e. The van der Waals surface area contributed by atoms with E-state index in [0.717, 1.165) is 38.5 Å². The monoisotopic (exact) mass is 247 g/mol. The van der Waals surface area contributed by atoms with Crippen LogP contribution in [-0.4, -0.2) is 22.8 Å². The van der Waals surface area contributed by atoms with Gasteiger partial charge < -0.3 is 0 Å². The number of nitrogens with zero attached hydrogens (tertiary/aromatic N) is 1. The summed E-state index contributed by atoms with van der Waals surface area (Å²) >= 11 is 0. The third-order valence-electron chi connectivity index (χ3n) is 4.80. The largest absolute Gasteiger partial charge is 0.279 e. The number of fused-ring (bicyclic) bond motifs is 1. The van der Waals surface area contributed by atoms with E-state index < -0.39 is 0 Å². The summed E-state index contributed by atoms with van der Waals surface area (Å²) in [7, 11) is 0. The van der Waals surface area contributed by atoms with Crippen molar-refractivity contribution in [3.63, 3.8) is 0 Å². The molecule has 3 rings (SSSR count).